The van der Waals surface area contributed by atoms with Crippen LogP contribution in [-0.2, 0) is 11.0 Å². The quantitative estimate of drug-likeness (QED) is 0.879. The Hall–Kier alpha value is -2.19. The van der Waals surface area contributed by atoms with E-state index in [1.807, 2.05) is 0 Å². The monoisotopic (exact) mass is 345 g/mol. The van der Waals surface area contributed by atoms with Crippen LogP contribution < -0.4 is 5.32 Å². The number of hydrogen-bond acceptors (Lipinski definition) is 4. The van der Waals surface area contributed by atoms with Crippen LogP contribution in [0.5, 0.6) is 0 Å². The number of carbonyl (C=O) groups excluding carboxylic acids is 1. The second kappa shape index (κ2) is 7.59. The summed E-state index contributed by atoms with van der Waals surface area (Å²) in [6.45, 7) is 0. The first-order valence-electron chi connectivity index (χ1n) is 7.72. The molecule has 1 fully saturated rings. The molecule has 2 N–H and O–H groups in total. The SMILES string of the molecule is O=C(NC1CCCCCCC1C(=O)O)c1cnc(C(F)(F)F)nc1. The molecule has 6 nitrogen and oxygen atoms in total. The first-order chi connectivity index (χ1) is 11.3. The largest absolute Gasteiger partial charge is 0.481 e. The molecule has 2 atom stereocenters. The Balaban J connectivity index is 2.09. The lowest BCUT2D eigenvalue weighted by molar-refractivity contribution is -0.145. The van der Waals surface area contributed by atoms with Crippen molar-refractivity contribution >= 4 is 11.9 Å². The topological polar surface area (TPSA) is 92.2 Å². The minimum atomic E-state index is -4.68. The van der Waals surface area contributed by atoms with Crippen molar-refractivity contribution in [2.75, 3.05) is 0 Å². The molecule has 0 aliphatic heterocycles. The molecule has 1 aliphatic carbocycles. The second-order valence-electron chi connectivity index (χ2n) is 5.81. The van der Waals surface area contributed by atoms with Gasteiger partial charge in [-0.1, -0.05) is 25.7 Å². The Labute approximate surface area is 136 Å². The minimum Gasteiger partial charge on any atom is -0.481 e. The number of amides is 1. The van der Waals surface area contributed by atoms with Crippen LogP contribution in [0.2, 0.25) is 0 Å². The summed E-state index contributed by atoms with van der Waals surface area (Å²) in [6, 6.07) is -0.558. The van der Waals surface area contributed by atoms with E-state index < -0.39 is 35.8 Å². The molecule has 24 heavy (non-hydrogen) atoms. The Morgan fingerprint density at radius 1 is 1.08 bits per heavy atom. The summed E-state index contributed by atoms with van der Waals surface area (Å²) in [5.41, 5.74) is -0.130. The van der Waals surface area contributed by atoms with Crippen molar-refractivity contribution < 1.29 is 27.9 Å². The number of carbonyl (C=O) groups is 2. The molecular formula is C15H18F3N3O3. The molecule has 1 heterocycles. The highest BCUT2D eigenvalue weighted by atomic mass is 19.4. The van der Waals surface area contributed by atoms with E-state index >= 15 is 0 Å². The summed E-state index contributed by atoms with van der Waals surface area (Å²) in [7, 11) is 0. The molecule has 1 aliphatic rings. The number of carboxylic acids is 1. The Morgan fingerprint density at radius 2 is 1.67 bits per heavy atom. The van der Waals surface area contributed by atoms with Gasteiger partial charge in [0.2, 0.25) is 5.82 Å². The van der Waals surface area contributed by atoms with E-state index in [0.717, 1.165) is 38.1 Å². The maximum absolute atomic E-state index is 12.4. The third-order valence-corrected chi connectivity index (χ3v) is 4.07. The van der Waals surface area contributed by atoms with Crippen molar-refractivity contribution in [3.05, 3.63) is 23.8 Å². The predicted octanol–water partition coefficient (Wildman–Crippen LogP) is 2.65. The lowest BCUT2D eigenvalue weighted by Crippen LogP contribution is -2.44. The fourth-order valence-electron chi connectivity index (χ4n) is 2.80. The minimum absolute atomic E-state index is 0.130. The zero-order valence-electron chi connectivity index (χ0n) is 12.8. The zero-order valence-corrected chi connectivity index (χ0v) is 12.8. The number of alkyl halides is 3. The number of aromatic nitrogens is 2. The van der Waals surface area contributed by atoms with Gasteiger partial charge in [0.25, 0.3) is 5.91 Å². The van der Waals surface area contributed by atoms with E-state index in [-0.39, 0.29) is 5.56 Å². The normalized spacial score (nSPS) is 22.3. The van der Waals surface area contributed by atoms with Gasteiger partial charge >= 0.3 is 12.1 Å². The molecule has 132 valence electrons. The summed E-state index contributed by atoms with van der Waals surface area (Å²) in [6.07, 6.45) is 1.37. The standard InChI is InChI=1S/C15H18F3N3O3/c16-15(17,18)14-19-7-9(8-20-14)12(22)21-11-6-4-2-1-3-5-10(11)13(23)24/h7-8,10-11H,1-6H2,(H,21,22)(H,23,24). The van der Waals surface area contributed by atoms with Crippen LogP contribution in [0, 0.1) is 5.92 Å². The van der Waals surface area contributed by atoms with Gasteiger partial charge in [0, 0.05) is 18.4 Å². The summed E-state index contributed by atoms with van der Waals surface area (Å²) in [4.78, 5) is 29.9. The number of nitrogens with one attached hydrogen (secondary N) is 1. The Kier molecular flexibility index (Phi) is 5.74. The summed E-state index contributed by atoms with van der Waals surface area (Å²) < 4.78 is 37.3. The van der Waals surface area contributed by atoms with Crippen LogP contribution in [0.4, 0.5) is 13.2 Å². The van der Waals surface area contributed by atoms with E-state index in [9.17, 15) is 27.9 Å². The molecule has 1 aromatic rings. The van der Waals surface area contributed by atoms with E-state index in [0.29, 0.717) is 12.8 Å². The number of nitrogens with zero attached hydrogens (tertiary/aromatic N) is 2. The number of halogens is 3. The van der Waals surface area contributed by atoms with E-state index in [2.05, 4.69) is 15.3 Å². The van der Waals surface area contributed by atoms with Crippen LogP contribution in [0.1, 0.15) is 54.7 Å². The average Bonchev–Trinajstić information content (AvgIpc) is 2.49. The number of aliphatic carboxylic acids is 1. The van der Waals surface area contributed by atoms with Gasteiger partial charge in [0.1, 0.15) is 0 Å². The number of carboxylic acid groups (broad SMARTS) is 1. The average molecular weight is 345 g/mol. The van der Waals surface area contributed by atoms with Crippen molar-refractivity contribution in [2.24, 2.45) is 5.92 Å². The zero-order chi connectivity index (χ0) is 17.7. The van der Waals surface area contributed by atoms with Crippen LogP contribution in [-0.4, -0.2) is 33.0 Å². The highest BCUT2D eigenvalue weighted by Crippen LogP contribution is 2.26. The molecule has 0 saturated heterocycles. The van der Waals surface area contributed by atoms with Gasteiger partial charge in [-0.25, -0.2) is 9.97 Å². The first-order valence-corrected chi connectivity index (χ1v) is 7.72. The highest BCUT2D eigenvalue weighted by Gasteiger charge is 2.35. The lowest BCUT2D eigenvalue weighted by atomic mass is 9.86. The fraction of sp³-hybridized carbons (Fsp3) is 0.600. The summed E-state index contributed by atoms with van der Waals surface area (Å²) in [5, 5.41) is 11.9. The smallest absolute Gasteiger partial charge is 0.451 e. The van der Waals surface area contributed by atoms with Gasteiger partial charge in [-0.2, -0.15) is 13.2 Å². The van der Waals surface area contributed by atoms with Gasteiger partial charge in [0.15, 0.2) is 0 Å². The van der Waals surface area contributed by atoms with E-state index in [4.69, 9.17) is 0 Å². The number of rotatable bonds is 3. The van der Waals surface area contributed by atoms with Crippen molar-refractivity contribution in [3.63, 3.8) is 0 Å². The van der Waals surface area contributed by atoms with Crippen molar-refractivity contribution in [3.8, 4) is 0 Å². The Morgan fingerprint density at radius 3 is 2.21 bits per heavy atom. The van der Waals surface area contributed by atoms with Crippen LogP contribution in [0.25, 0.3) is 0 Å². The number of hydrogen-bond donors (Lipinski definition) is 2. The maximum atomic E-state index is 12.4. The first kappa shape index (κ1) is 18.2. The predicted molar refractivity (Wildman–Crippen MR) is 77.1 cm³/mol. The summed E-state index contributed by atoms with van der Waals surface area (Å²) >= 11 is 0. The van der Waals surface area contributed by atoms with Gasteiger partial charge in [-0.3, -0.25) is 9.59 Å². The van der Waals surface area contributed by atoms with E-state index in [1.165, 1.54) is 0 Å². The summed E-state index contributed by atoms with van der Waals surface area (Å²) in [5.74, 6) is -3.68. The second-order valence-corrected chi connectivity index (χ2v) is 5.81. The molecule has 1 aromatic heterocycles. The molecule has 0 spiro atoms. The van der Waals surface area contributed by atoms with E-state index in [1.54, 1.807) is 0 Å². The van der Waals surface area contributed by atoms with Crippen molar-refractivity contribution in [2.45, 2.75) is 50.7 Å². The van der Waals surface area contributed by atoms with Crippen LogP contribution in [0.15, 0.2) is 12.4 Å². The van der Waals surface area contributed by atoms with Crippen molar-refractivity contribution in [1.29, 1.82) is 0 Å². The molecule has 0 aromatic carbocycles. The van der Waals surface area contributed by atoms with Gasteiger partial charge in [-0.05, 0) is 12.8 Å². The molecule has 9 heteroatoms. The van der Waals surface area contributed by atoms with Gasteiger partial charge in [0.05, 0.1) is 11.5 Å². The van der Waals surface area contributed by atoms with Crippen molar-refractivity contribution in [1.82, 2.24) is 15.3 Å². The molecule has 0 bridgehead atoms. The third-order valence-electron chi connectivity index (χ3n) is 4.07. The molecule has 0 radical (unpaired) electrons. The van der Waals surface area contributed by atoms with Gasteiger partial charge < -0.3 is 10.4 Å². The van der Waals surface area contributed by atoms with Crippen LogP contribution in [0.3, 0.4) is 0 Å². The molecule has 1 saturated carbocycles. The van der Waals surface area contributed by atoms with Crippen LogP contribution >= 0.6 is 0 Å². The lowest BCUT2D eigenvalue weighted by Gasteiger charge is -2.27. The Bertz CT molecular complexity index is 590. The highest BCUT2D eigenvalue weighted by molar-refractivity contribution is 5.94. The molecule has 2 rings (SSSR count). The molecule has 1 amide bonds. The third kappa shape index (κ3) is 4.65. The fourth-order valence-corrected chi connectivity index (χ4v) is 2.80. The van der Waals surface area contributed by atoms with Gasteiger partial charge in [-0.15, -0.1) is 0 Å². The molecule has 2 unspecified atom stereocenters. The maximum Gasteiger partial charge on any atom is 0.451 e. The molecular weight excluding hydrogens is 327 g/mol.